The standard InChI is InChI=1S/C14H13ClN2O3/c1-19-11-5-9(6-12(7-11)20-2)14(18)17-10-3-4-13(15)16-8-10/h3-8H,1-2H3,(H,17,18). The molecule has 1 N–H and O–H groups in total. The predicted molar refractivity (Wildman–Crippen MR) is 76.7 cm³/mol. The minimum Gasteiger partial charge on any atom is -0.497 e. The predicted octanol–water partition coefficient (Wildman–Crippen LogP) is 3.00. The van der Waals surface area contributed by atoms with Crippen molar-refractivity contribution in [1.82, 2.24) is 4.98 Å². The van der Waals surface area contributed by atoms with Crippen LogP contribution >= 0.6 is 11.6 Å². The molecule has 1 heterocycles. The van der Waals surface area contributed by atoms with Gasteiger partial charge in [0.05, 0.1) is 26.1 Å². The van der Waals surface area contributed by atoms with E-state index in [-0.39, 0.29) is 5.91 Å². The Labute approximate surface area is 121 Å². The summed E-state index contributed by atoms with van der Waals surface area (Å²) in [5.74, 6) is 0.804. The lowest BCUT2D eigenvalue weighted by Crippen LogP contribution is -2.12. The quantitative estimate of drug-likeness (QED) is 0.880. The van der Waals surface area contributed by atoms with E-state index in [0.717, 1.165) is 0 Å². The molecule has 2 rings (SSSR count). The summed E-state index contributed by atoms with van der Waals surface area (Å²) in [5, 5.41) is 3.08. The van der Waals surface area contributed by atoms with Crippen molar-refractivity contribution in [2.24, 2.45) is 0 Å². The van der Waals surface area contributed by atoms with Crippen LogP contribution in [-0.2, 0) is 0 Å². The average Bonchev–Trinajstić information content (AvgIpc) is 2.48. The molecule has 6 heteroatoms. The molecule has 1 aromatic carbocycles. The van der Waals surface area contributed by atoms with Crippen LogP contribution < -0.4 is 14.8 Å². The van der Waals surface area contributed by atoms with E-state index in [4.69, 9.17) is 21.1 Å². The van der Waals surface area contributed by atoms with Crippen molar-refractivity contribution in [2.45, 2.75) is 0 Å². The highest BCUT2D eigenvalue weighted by Crippen LogP contribution is 2.23. The molecule has 0 spiro atoms. The number of anilines is 1. The van der Waals surface area contributed by atoms with Crippen LogP contribution in [0.3, 0.4) is 0 Å². The monoisotopic (exact) mass is 292 g/mol. The highest BCUT2D eigenvalue weighted by molar-refractivity contribution is 6.29. The highest BCUT2D eigenvalue weighted by atomic mass is 35.5. The summed E-state index contributed by atoms with van der Waals surface area (Å²) in [6.07, 6.45) is 1.48. The first-order valence-electron chi connectivity index (χ1n) is 5.78. The third-order valence-electron chi connectivity index (χ3n) is 2.60. The van der Waals surface area contributed by atoms with Crippen LogP contribution in [0.1, 0.15) is 10.4 Å². The van der Waals surface area contributed by atoms with Crippen LogP contribution in [-0.4, -0.2) is 25.1 Å². The maximum atomic E-state index is 12.2. The summed E-state index contributed by atoms with van der Waals surface area (Å²) in [4.78, 5) is 16.0. The van der Waals surface area contributed by atoms with Crippen LogP contribution in [0.5, 0.6) is 11.5 Å². The second-order valence-electron chi connectivity index (χ2n) is 3.93. The summed E-state index contributed by atoms with van der Waals surface area (Å²) in [6, 6.07) is 8.22. The van der Waals surface area contributed by atoms with E-state index in [0.29, 0.717) is 27.9 Å². The minimum absolute atomic E-state index is 0.286. The molecule has 1 amide bonds. The molecule has 0 aliphatic heterocycles. The summed E-state index contributed by atoms with van der Waals surface area (Å²) in [6.45, 7) is 0. The van der Waals surface area contributed by atoms with Gasteiger partial charge in [-0.15, -0.1) is 0 Å². The minimum atomic E-state index is -0.286. The van der Waals surface area contributed by atoms with Crippen molar-refractivity contribution in [1.29, 1.82) is 0 Å². The number of hydrogen-bond donors (Lipinski definition) is 1. The maximum Gasteiger partial charge on any atom is 0.255 e. The fraction of sp³-hybridized carbons (Fsp3) is 0.143. The van der Waals surface area contributed by atoms with E-state index in [1.54, 1.807) is 30.3 Å². The lowest BCUT2D eigenvalue weighted by atomic mass is 10.2. The number of nitrogens with one attached hydrogen (secondary N) is 1. The SMILES string of the molecule is COc1cc(OC)cc(C(=O)Nc2ccc(Cl)nc2)c1. The lowest BCUT2D eigenvalue weighted by Gasteiger charge is -2.09. The maximum absolute atomic E-state index is 12.2. The van der Waals surface area contributed by atoms with Crippen molar-refractivity contribution < 1.29 is 14.3 Å². The molecular formula is C14H13ClN2O3. The van der Waals surface area contributed by atoms with Crippen LogP contribution in [0.4, 0.5) is 5.69 Å². The van der Waals surface area contributed by atoms with Gasteiger partial charge in [-0.1, -0.05) is 11.6 Å². The van der Waals surface area contributed by atoms with Crippen LogP contribution in [0, 0.1) is 0 Å². The summed E-state index contributed by atoms with van der Waals surface area (Å²) in [5.41, 5.74) is 0.984. The van der Waals surface area contributed by atoms with E-state index in [9.17, 15) is 4.79 Å². The number of rotatable bonds is 4. The Morgan fingerprint density at radius 2 is 1.80 bits per heavy atom. The first kappa shape index (κ1) is 14.1. The smallest absolute Gasteiger partial charge is 0.255 e. The Bertz CT molecular complexity index is 592. The molecule has 0 aliphatic carbocycles. The number of carbonyl (C=O) groups excluding carboxylic acids is 1. The van der Waals surface area contributed by atoms with Crippen LogP contribution in [0.15, 0.2) is 36.5 Å². The van der Waals surface area contributed by atoms with E-state index in [2.05, 4.69) is 10.3 Å². The molecule has 0 bridgehead atoms. The topological polar surface area (TPSA) is 60.5 Å². The zero-order chi connectivity index (χ0) is 14.5. The van der Waals surface area contributed by atoms with Gasteiger partial charge < -0.3 is 14.8 Å². The largest absolute Gasteiger partial charge is 0.497 e. The van der Waals surface area contributed by atoms with Gasteiger partial charge in [0.2, 0.25) is 0 Å². The van der Waals surface area contributed by atoms with Crippen molar-refractivity contribution in [2.75, 3.05) is 19.5 Å². The number of methoxy groups -OCH3 is 2. The van der Waals surface area contributed by atoms with E-state index in [1.165, 1.54) is 20.4 Å². The first-order valence-corrected chi connectivity index (χ1v) is 6.16. The van der Waals surface area contributed by atoms with Gasteiger partial charge in [0, 0.05) is 11.6 Å². The van der Waals surface area contributed by atoms with Gasteiger partial charge in [0.25, 0.3) is 5.91 Å². The number of nitrogens with zero attached hydrogens (tertiary/aromatic N) is 1. The van der Waals surface area contributed by atoms with Gasteiger partial charge in [0.1, 0.15) is 16.7 Å². The molecule has 0 atom stereocenters. The Kier molecular flexibility index (Phi) is 4.42. The zero-order valence-corrected chi connectivity index (χ0v) is 11.8. The second-order valence-corrected chi connectivity index (χ2v) is 4.31. The Hall–Kier alpha value is -2.27. The van der Waals surface area contributed by atoms with Crippen molar-refractivity contribution in [3.63, 3.8) is 0 Å². The highest BCUT2D eigenvalue weighted by Gasteiger charge is 2.10. The molecule has 0 unspecified atom stereocenters. The van der Waals surface area contributed by atoms with Crippen LogP contribution in [0.2, 0.25) is 5.15 Å². The molecule has 0 aliphatic rings. The Morgan fingerprint density at radius 3 is 2.30 bits per heavy atom. The molecule has 2 aromatic rings. The fourth-order valence-electron chi connectivity index (χ4n) is 1.59. The van der Waals surface area contributed by atoms with E-state index in [1.807, 2.05) is 0 Å². The summed E-state index contributed by atoms with van der Waals surface area (Å²) in [7, 11) is 3.05. The van der Waals surface area contributed by atoms with Crippen molar-refractivity contribution in [3.8, 4) is 11.5 Å². The number of hydrogen-bond acceptors (Lipinski definition) is 4. The number of aromatic nitrogens is 1. The summed E-state index contributed by atoms with van der Waals surface area (Å²) >= 11 is 5.69. The molecule has 1 aromatic heterocycles. The van der Waals surface area contributed by atoms with Crippen molar-refractivity contribution in [3.05, 3.63) is 47.2 Å². The second kappa shape index (κ2) is 6.25. The van der Waals surface area contributed by atoms with Gasteiger partial charge in [-0.25, -0.2) is 4.98 Å². The molecule has 0 saturated heterocycles. The molecule has 104 valence electrons. The Morgan fingerprint density at radius 1 is 1.15 bits per heavy atom. The van der Waals surface area contributed by atoms with Crippen LogP contribution in [0.25, 0.3) is 0 Å². The van der Waals surface area contributed by atoms with E-state index < -0.39 is 0 Å². The number of ether oxygens (including phenoxy) is 2. The van der Waals surface area contributed by atoms with Gasteiger partial charge in [0.15, 0.2) is 0 Å². The number of pyridine rings is 1. The third kappa shape index (κ3) is 3.39. The molecule has 0 fully saturated rings. The third-order valence-corrected chi connectivity index (χ3v) is 2.82. The Balaban J connectivity index is 2.22. The average molecular weight is 293 g/mol. The fourth-order valence-corrected chi connectivity index (χ4v) is 1.70. The first-order chi connectivity index (χ1) is 9.62. The zero-order valence-electron chi connectivity index (χ0n) is 11.0. The van der Waals surface area contributed by atoms with E-state index >= 15 is 0 Å². The lowest BCUT2D eigenvalue weighted by molar-refractivity contribution is 0.102. The van der Waals surface area contributed by atoms with Gasteiger partial charge in [-0.3, -0.25) is 4.79 Å². The van der Waals surface area contributed by atoms with Gasteiger partial charge in [-0.2, -0.15) is 0 Å². The molecule has 0 saturated carbocycles. The molecule has 20 heavy (non-hydrogen) atoms. The van der Waals surface area contributed by atoms with Crippen molar-refractivity contribution >= 4 is 23.2 Å². The molecule has 5 nitrogen and oxygen atoms in total. The number of benzene rings is 1. The molecule has 0 radical (unpaired) electrons. The normalized spacial score (nSPS) is 9.95. The number of amides is 1. The van der Waals surface area contributed by atoms with Gasteiger partial charge in [-0.05, 0) is 24.3 Å². The number of halogens is 1. The number of carbonyl (C=O) groups is 1. The van der Waals surface area contributed by atoms with Gasteiger partial charge >= 0.3 is 0 Å². The molecular weight excluding hydrogens is 280 g/mol. The summed E-state index contributed by atoms with van der Waals surface area (Å²) < 4.78 is 10.2.